The third-order valence-electron chi connectivity index (χ3n) is 5.89. The van der Waals surface area contributed by atoms with Crippen LogP contribution in [0.15, 0.2) is 54.6 Å². The molecule has 0 fully saturated rings. The van der Waals surface area contributed by atoms with Gasteiger partial charge in [0.2, 0.25) is 0 Å². The van der Waals surface area contributed by atoms with E-state index in [-0.39, 0.29) is 0 Å². The highest BCUT2D eigenvalue weighted by Gasteiger charge is 2.20. The van der Waals surface area contributed by atoms with Crippen LogP contribution in [0.3, 0.4) is 0 Å². The second-order valence-corrected chi connectivity index (χ2v) is 8.02. The molecule has 0 saturated carbocycles. The lowest BCUT2D eigenvalue weighted by molar-refractivity contribution is -0.697. The first kappa shape index (κ1) is 22.6. The molecule has 4 nitrogen and oxygen atoms in total. The topological polar surface area (TPSA) is 40.1 Å². The Labute approximate surface area is 187 Å². The SMILES string of the molecule is CCCCCC[n+]1ccc(/C(C#N)=C2/C=C(C)c3ccc(N(CC)CC)cc3O2)cc1. The van der Waals surface area contributed by atoms with Crippen LogP contribution in [0, 0.1) is 11.3 Å². The first-order valence-corrected chi connectivity index (χ1v) is 11.5. The predicted molar refractivity (Wildman–Crippen MR) is 128 cm³/mol. The zero-order chi connectivity index (χ0) is 22.2. The average molecular weight is 417 g/mol. The van der Waals surface area contributed by atoms with E-state index in [9.17, 15) is 5.26 Å². The number of rotatable bonds is 9. The number of pyridine rings is 1. The standard InChI is InChI=1S/C27H34N3O/c1-5-8-9-10-15-29-16-13-22(14-17-29)25(20-28)26-18-21(4)24-12-11-23(19-27(24)31-26)30(6-2)7-3/h11-14,16-19H,5-10,15H2,1-4H3/q+1. The summed E-state index contributed by atoms with van der Waals surface area (Å²) in [6.07, 6.45) is 11.1. The molecule has 1 aliphatic rings. The van der Waals surface area contributed by atoms with E-state index < -0.39 is 0 Å². The van der Waals surface area contributed by atoms with Gasteiger partial charge in [0, 0.05) is 54.5 Å². The van der Waals surface area contributed by atoms with E-state index in [4.69, 9.17) is 4.74 Å². The molecule has 2 aromatic rings. The molecule has 0 radical (unpaired) electrons. The molecule has 2 heterocycles. The Morgan fingerprint density at radius 2 is 1.77 bits per heavy atom. The molecule has 0 bridgehead atoms. The molecule has 1 aromatic carbocycles. The molecule has 0 N–H and O–H groups in total. The Morgan fingerprint density at radius 1 is 1.03 bits per heavy atom. The second-order valence-electron chi connectivity index (χ2n) is 8.02. The van der Waals surface area contributed by atoms with Gasteiger partial charge in [-0.15, -0.1) is 0 Å². The number of hydrogen-bond acceptors (Lipinski definition) is 3. The Hall–Kier alpha value is -3.06. The number of benzene rings is 1. The van der Waals surface area contributed by atoms with Crippen molar-refractivity contribution in [3.63, 3.8) is 0 Å². The number of nitrogens with zero attached hydrogens (tertiary/aromatic N) is 3. The van der Waals surface area contributed by atoms with Crippen LogP contribution in [0.1, 0.15) is 64.5 Å². The van der Waals surface area contributed by atoms with Gasteiger partial charge < -0.3 is 9.64 Å². The van der Waals surface area contributed by atoms with Gasteiger partial charge in [0.1, 0.15) is 29.7 Å². The number of nitriles is 1. The summed E-state index contributed by atoms with van der Waals surface area (Å²) in [6.45, 7) is 11.5. The Bertz CT molecular complexity index is 992. The van der Waals surface area contributed by atoms with Crippen molar-refractivity contribution >= 4 is 16.8 Å². The number of unbranched alkanes of at least 4 members (excludes halogenated alkanes) is 3. The van der Waals surface area contributed by atoms with Crippen LogP contribution in [0.2, 0.25) is 0 Å². The highest BCUT2D eigenvalue weighted by atomic mass is 16.5. The van der Waals surface area contributed by atoms with Gasteiger partial charge in [-0.3, -0.25) is 0 Å². The van der Waals surface area contributed by atoms with Crippen molar-refractivity contribution in [1.29, 1.82) is 5.26 Å². The van der Waals surface area contributed by atoms with Crippen LogP contribution in [0.25, 0.3) is 11.1 Å². The van der Waals surface area contributed by atoms with E-state index in [2.05, 4.69) is 73.8 Å². The van der Waals surface area contributed by atoms with Crippen LogP contribution in [-0.2, 0) is 6.54 Å². The van der Waals surface area contributed by atoms with E-state index in [1.807, 2.05) is 18.2 Å². The summed E-state index contributed by atoms with van der Waals surface area (Å²) in [5, 5.41) is 9.92. The second kappa shape index (κ2) is 10.8. The van der Waals surface area contributed by atoms with Crippen molar-refractivity contribution in [2.45, 2.75) is 59.9 Å². The third kappa shape index (κ3) is 5.35. The Balaban J connectivity index is 1.87. The molecule has 31 heavy (non-hydrogen) atoms. The lowest BCUT2D eigenvalue weighted by atomic mass is 9.99. The molecular formula is C27H34N3O+. The number of anilines is 1. The van der Waals surface area contributed by atoms with Gasteiger partial charge in [-0.2, -0.15) is 5.26 Å². The van der Waals surface area contributed by atoms with Crippen molar-refractivity contribution in [2.24, 2.45) is 0 Å². The van der Waals surface area contributed by atoms with Crippen LogP contribution in [0.4, 0.5) is 5.69 Å². The fourth-order valence-corrected chi connectivity index (χ4v) is 4.01. The summed E-state index contributed by atoms with van der Waals surface area (Å²) in [4.78, 5) is 2.29. The van der Waals surface area contributed by atoms with E-state index in [0.29, 0.717) is 11.3 Å². The molecule has 3 rings (SSSR count). The van der Waals surface area contributed by atoms with Gasteiger partial charge in [-0.05, 0) is 51.0 Å². The average Bonchev–Trinajstić information content (AvgIpc) is 2.79. The van der Waals surface area contributed by atoms with Crippen molar-refractivity contribution in [1.82, 2.24) is 0 Å². The first-order chi connectivity index (χ1) is 15.1. The van der Waals surface area contributed by atoms with Gasteiger partial charge in [0.05, 0.1) is 0 Å². The van der Waals surface area contributed by atoms with Crippen molar-refractivity contribution in [2.75, 3.05) is 18.0 Å². The summed E-state index contributed by atoms with van der Waals surface area (Å²) >= 11 is 0. The molecule has 0 aliphatic carbocycles. The Morgan fingerprint density at radius 3 is 2.42 bits per heavy atom. The highest BCUT2D eigenvalue weighted by Crippen LogP contribution is 2.38. The number of hydrogen-bond donors (Lipinski definition) is 0. The predicted octanol–water partition coefficient (Wildman–Crippen LogP) is 6.13. The molecular weight excluding hydrogens is 382 g/mol. The van der Waals surface area contributed by atoms with Gasteiger partial charge in [-0.25, -0.2) is 4.57 Å². The monoisotopic (exact) mass is 416 g/mol. The number of aryl methyl sites for hydroxylation is 1. The lowest BCUT2D eigenvalue weighted by Gasteiger charge is -2.25. The maximum Gasteiger partial charge on any atom is 0.169 e. The first-order valence-electron chi connectivity index (χ1n) is 11.5. The van der Waals surface area contributed by atoms with E-state index in [1.54, 1.807) is 0 Å². The fourth-order valence-electron chi connectivity index (χ4n) is 4.01. The number of ether oxygens (including phenoxy) is 1. The summed E-state index contributed by atoms with van der Waals surface area (Å²) in [7, 11) is 0. The maximum atomic E-state index is 9.92. The van der Waals surface area contributed by atoms with Gasteiger partial charge in [-0.1, -0.05) is 19.8 Å². The smallest absolute Gasteiger partial charge is 0.169 e. The normalized spacial score (nSPS) is 14.2. The largest absolute Gasteiger partial charge is 0.455 e. The van der Waals surface area contributed by atoms with E-state index >= 15 is 0 Å². The van der Waals surface area contributed by atoms with E-state index in [1.165, 1.54) is 25.7 Å². The van der Waals surface area contributed by atoms with Gasteiger partial charge >= 0.3 is 0 Å². The number of allylic oxidation sites excluding steroid dienone is 3. The minimum Gasteiger partial charge on any atom is -0.455 e. The van der Waals surface area contributed by atoms with Gasteiger partial charge in [0.15, 0.2) is 12.4 Å². The van der Waals surface area contributed by atoms with E-state index in [0.717, 1.165) is 47.8 Å². The molecule has 0 spiro atoms. The summed E-state index contributed by atoms with van der Waals surface area (Å²) < 4.78 is 8.45. The molecule has 1 aliphatic heterocycles. The third-order valence-corrected chi connectivity index (χ3v) is 5.89. The zero-order valence-electron chi connectivity index (χ0n) is 19.3. The minimum absolute atomic E-state index is 0.566. The van der Waals surface area contributed by atoms with Crippen molar-refractivity contribution in [3.8, 4) is 11.8 Å². The minimum atomic E-state index is 0.566. The molecule has 0 atom stereocenters. The number of fused-ring (bicyclic) bond motifs is 1. The molecule has 4 heteroatoms. The Kier molecular flexibility index (Phi) is 7.89. The fraction of sp³-hybridized carbons (Fsp3) is 0.407. The molecule has 0 amide bonds. The number of aromatic nitrogens is 1. The summed E-state index contributed by atoms with van der Waals surface area (Å²) in [6, 6.07) is 12.7. The van der Waals surface area contributed by atoms with Crippen molar-refractivity contribution < 1.29 is 9.30 Å². The summed E-state index contributed by atoms with van der Waals surface area (Å²) in [5.74, 6) is 1.43. The quantitative estimate of drug-likeness (QED) is 0.280. The maximum absolute atomic E-state index is 9.92. The van der Waals surface area contributed by atoms with Gasteiger partial charge in [0.25, 0.3) is 0 Å². The van der Waals surface area contributed by atoms with Crippen molar-refractivity contribution in [3.05, 3.63) is 65.7 Å². The lowest BCUT2D eigenvalue weighted by Crippen LogP contribution is -2.32. The summed E-state index contributed by atoms with van der Waals surface area (Å²) in [5.41, 5.74) is 4.78. The zero-order valence-corrected chi connectivity index (χ0v) is 19.3. The molecule has 0 unspecified atom stereocenters. The molecule has 1 aromatic heterocycles. The van der Waals surface area contributed by atoms with Crippen LogP contribution >= 0.6 is 0 Å². The highest BCUT2D eigenvalue weighted by molar-refractivity contribution is 5.85. The molecule has 162 valence electrons. The van der Waals surface area contributed by atoms with Crippen LogP contribution in [-0.4, -0.2) is 13.1 Å². The van der Waals surface area contributed by atoms with Crippen LogP contribution in [0.5, 0.6) is 5.75 Å². The van der Waals surface area contributed by atoms with Crippen LogP contribution < -0.4 is 14.2 Å². The molecule has 0 saturated heterocycles.